The molecule has 0 spiro atoms. The lowest BCUT2D eigenvalue weighted by atomic mass is 9.91. The Morgan fingerprint density at radius 3 is 2.41 bits per heavy atom. The van der Waals surface area contributed by atoms with Crippen LogP contribution in [0.25, 0.3) is 17.2 Å². The molecule has 2 N–H and O–H groups in total. The van der Waals surface area contributed by atoms with Crippen molar-refractivity contribution >= 4 is 11.8 Å². The van der Waals surface area contributed by atoms with E-state index >= 15 is 0 Å². The van der Waals surface area contributed by atoms with E-state index in [0.29, 0.717) is 0 Å². The average Bonchev–Trinajstić information content (AvgIpc) is 2.34. The predicted molar refractivity (Wildman–Crippen MR) is 75.9 cm³/mol. The van der Waals surface area contributed by atoms with E-state index in [4.69, 9.17) is 5.73 Å². The van der Waals surface area contributed by atoms with Gasteiger partial charge >= 0.3 is 0 Å². The number of nitrogens with two attached hydrogens (primary N) is 1. The molecule has 0 atom stereocenters. The SMILES string of the molecule is C=Cc1ccc(N)c(C)c1-c1ccccc1C. The summed E-state index contributed by atoms with van der Waals surface area (Å²) in [5.41, 5.74) is 12.8. The molecule has 0 unspecified atom stereocenters. The molecule has 2 aromatic rings. The van der Waals surface area contributed by atoms with Crippen molar-refractivity contribution < 1.29 is 0 Å². The van der Waals surface area contributed by atoms with Gasteiger partial charge in [0.15, 0.2) is 0 Å². The summed E-state index contributed by atoms with van der Waals surface area (Å²) in [4.78, 5) is 0. The maximum Gasteiger partial charge on any atom is 0.0350 e. The van der Waals surface area contributed by atoms with Crippen LogP contribution in [-0.2, 0) is 0 Å². The smallest absolute Gasteiger partial charge is 0.0350 e. The van der Waals surface area contributed by atoms with E-state index in [-0.39, 0.29) is 0 Å². The first-order valence-corrected chi connectivity index (χ1v) is 5.72. The van der Waals surface area contributed by atoms with E-state index in [0.717, 1.165) is 16.8 Å². The van der Waals surface area contributed by atoms with Gasteiger partial charge in [-0.15, -0.1) is 0 Å². The number of hydrogen-bond acceptors (Lipinski definition) is 1. The highest BCUT2D eigenvalue weighted by atomic mass is 14.6. The number of rotatable bonds is 2. The Bertz CT molecular complexity index is 568. The highest BCUT2D eigenvalue weighted by molar-refractivity contribution is 5.83. The van der Waals surface area contributed by atoms with Crippen molar-refractivity contribution in [2.75, 3.05) is 5.73 Å². The van der Waals surface area contributed by atoms with Crippen LogP contribution >= 0.6 is 0 Å². The Labute approximate surface area is 103 Å². The predicted octanol–water partition coefficient (Wildman–Crippen LogP) is 4.20. The molecule has 17 heavy (non-hydrogen) atoms. The molecular formula is C16H17N. The first-order valence-electron chi connectivity index (χ1n) is 5.72. The first-order chi connectivity index (χ1) is 8.15. The standard InChI is InChI=1S/C16H17N/c1-4-13-9-10-15(17)12(3)16(13)14-8-6-5-7-11(14)2/h4-10H,1,17H2,2-3H3. The number of aryl methyl sites for hydroxylation is 1. The molecule has 0 radical (unpaired) electrons. The first kappa shape index (κ1) is 11.5. The van der Waals surface area contributed by atoms with E-state index in [1.54, 1.807) is 0 Å². The van der Waals surface area contributed by atoms with Gasteiger partial charge < -0.3 is 5.73 Å². The summed E-state index contributed by atoms with van der Waals surface area (Å²) in [5.74, 6) is 0. The molecule has 2 aromatic carbocycles. The molecule has 0 fully saturated rings. The fraction of sp³-hybridized carbons (Fsp3) is 0.125. The minimum Gasteiger partial charge on any atom is -0.398 e. The van der Waals surface area contributed by atoms with Crippen LogP contribution in [0.5, 0.6) is 0 Å². The normalized spacial score (nSPS) is 10.2. The molecule has 0 aliphatic carbocycles. The van der Waals surface area contributed by atoms with Crippen LogP contribution in [0.2, 0.25) is 0 Å². The molecule has 0 amide bonds. The molecule has 1 heteroatoms. The third kappa shape index (κ3) is 1.96. The average molecular weight is 223 g/mol. The third-order valence-electron chi connectivity index (χ3n) is 3.17. The van der Waals surface area contributed by atoms with Gasteiger partial charge in [-0.05, 0) is 47.7 Å². The van der Waals surface area contributed by atoms with Gasteiger partial charge in [0.2, 0.25) is 0 Å². The minimum atomic E-state index is 0.828. The molecule has 0 saturated carbocycles. The van der Waals surface area contributed by atoms with E-state index in [9.17, 15) is 0 Å². The van der Waals surface area contributed by atoms with Crippen molar-refractivity contribution in [1.29, 1.82) is 0 Å². The Morgan fingerprint density at radius 2 is 1.76 bits per heavy atom. The fourth-order valence-corrected chi connectivity index (χ4v) is 2.13. The van der Waals surface area contributed by atoms with Crippen molar-refractivity contribution in [3.63, 3.8) is 0 Å². The van der Waals surface area contributed by atoms with Crippen LogP contribution in [0, 0.1) is 13.8 Å². The molecular weight excluding hydrogens is 206 g/mol. The summed E-state index contributed by atoms with van der Waals surface area (Å²) >= 11 is 0. The summed E-state index contributed by atoms with van der Waals surface area (Å²) in [5, 5.41) is 0. The van der Waals surface area contributed by atoms with Crippen molar-refractivity contribution in [2.45, 2.75) is 13.8 Å². The van der Waals surface area contributed by atoms with Crippen LogP contribution in [0.1, 0.15) is 16.7 Å². The second-order valence-corrected chi connectivity index (χ2v) is 4.26. The van der Waals surface area contributed by atoms with Crippen LogP contribution < -0.4 is 5.73 Å². The summed E-state index contributed by atoms with van der Waals surface area (Å²) in [6.45, 7) is 8.05. The van der Waals surface area contributed by atoms with E-state index in [1.807, 2.05) is 24.3 Å². The van der Waals surface area contributed by atoms with Gasteiger partial charge in [-0.2, -0.15) is 0 Å². The van der Waals surface area contributed by atoms with Gasteiger partial charge in [0, 0.05) is 5.69 Å². The van der Waals surface area contributed by atoms with Gasteiger partial charge in [0.1, 0.15) is 0 Å². The van der Waals surface area contributed by atoms with Gasteiger partial charge in [0.25, 0.3) is 0 Å². The highest BCUT2D eigenvalue weighted by Crippen LogP contribution is 2.33. The number of anilines is 1. The number of benzene rings is 2. The van der Waals surface area contributed by atoms with E-state index in [1.165, 1.54) is 16.7 Å². The van der Waals surface area contributed by atoms with Crippen molar-refractivity contribution in [1.82, 2.24) is 0 Å². The summed E-state index contributed by atoms with van der Waals surface area (Å²) < 4.78 is 0. The highest BCUT2D eigenvalue weighted by Gasteiger charge is 2.10. The van der Waals surface area contributed by atoms with Gasteiger partial charge in [-0.1, -0.05) is 43.0 Å². The molecule has 0 aromatic heterocycles. The van der Waals surface area contributed by atoms with Crippen molar-refractivity contribution in [3.05, 3.63) is 59.7 Å². The topological polar surface area (TPSA) is 26.0 Å². The molecule has 0 aliphatic heterocycles. The van der Waals surface area contributed by atoms with Crippen LogP contribution in [-0.4, -0.2) is 0 Å². The van der Waals surface area contributed by atoms with Crippen LogP contribution in [0.3, 0.4) is 0 Å². The van der Waals surface area contributed by atoms with Gasteiger partial charge in [0.05, 0.1) is 0 Å². The molecule has 2 rings (SSSR count). The zero-order valence-electron chi connectivity index (χ0n) is 10.3. The lowest BCUT2D eigenvalue weighted by molar-refractivity contribution is 1.40. The number of hydrogen-bond donors (Lipinski definition) is 1. The van der Waals surface area contributed by atoms with E-state index < -0.39 is 0 Å². The zero-order chi connectivity index (χ0) is 12.4. The number of nitrogen functional groups attached to an aromatic ring is 1. The van der Waals surface area contributed by atoms with Crippen LogP contribution in [0.4, 0.5) is 5.69 Å². The Hall–Kier alpha value is -2.02. The molecule has 86 valence electrons. The lowest BCUT2D eigenvalue weighted by Crippen LogP contribution is -1.96. The molecule has 0 bridgehead atoms. The van der Waals surface area contributed by atoms with Crippen LogP contribution in [0.15, 0.2) is 43.0 Å². The Morgan fingerprint density at radius 1 is 1.06 bits per heavy atom. The Kier molecular flexibility index (Phi) is 3.01. The second-order valence-electron chi connectivity index (χ2n) is 4.26. The molecule has 1 nitrogen and oxygen atoms in total. The zero-order valence-corrected chi connectivity index (χ0v) is 10.3. The van der Waals surface area contributed by atoms with E-state index in [2.05, 4.69) is 38.6 Å². The van der Waals surface area contributed by atoms with Gasteiger partial charge in [-0.25, -0.2) is 0 Å². The van der Waals surface area contributed by atoms with Crippen molar-refractivity contribution in [2.24, 2.45) is 0 Å². The minimum absolute atomic E-state index is 0.828. The maximum atomic E-state index is 6.00. The molecule has 0 heterocycles. The monoisotopic (exact) mass is 223 g/mol. The summed E-state index contributed by atoms with van der Waals surface area (Å²) in [7, 11) is 0. The third-order valence-corrected chi connectivity index (χ3v) is 3.17. The maximum absolute atomic E-state index is 6.00. The molecule has 0 aliphatic rings. The Balaban J connectivity index is 2.78. The largest absolute Gasteiger partial charge is 0.398 e. The van der Waals surface area contributed by atoms with Gasteiger partial charge in [-0.3, -0.25) is 0 Å². The van der Waals surface area contributed by atoms with Crippen molar-refractivity contribution in [3.8, 4) is 11.1 Å². The lowest BCUT2D eigenvalue weighted by Gasteiger charge is -2.14. The summed E-state index contributed by atoms with van der Waals surface area (Å²) in [6, 6.07) is 12.3. The second kappa shape index (κ2) is 4.46. The summed E-state index contributed by atoms with van der Waals surface area (Å²) in [6.07, 6.45) is 1.88. The quantitative estimate of drug-likeness (QED) is 0.759. The fourth-order valence-electron chi connectivity index (χ4n) is 2.13. The molecule has 0 saturated heterocycles.